The fourth-order valence-electron chi connectivity index (χ4n) is 2.51. The number of nitrogens with zero attached hydrogens (tertiary/aromatic N) is 1. The van der Waals surface area contributed by atoms with Crippen LogP contribution < -0.4 is 5.32 Å². The van der Waals surface area contributed by atoms with Crippen molar-refractivity contribution in [3.8, 4) is 0 Å². The summed E-state index contributed by atoms with van der Waals surface area (Å²) in [6.07, 6.45) is -0.184. The van der Waals surface area contributed by atoms with E-state index in [2.05, 4.69) is 5.32 Å². The molecule has 2 aromatic rings. The van der Waals surface area contributed by atoms with Gasteiger partial charge in [-0.15, -0.1) is 0 Å². The van der Waals surface area contributed by atoms with Crippen molar-refractivity contribution in [1.82, 2.24) is 4.90 Å². The third-order valence-corrected chi connectivity index (χ3v) is 3.66. The van der Waals surface area contributed by atoms with E-state index in [1.807, 2.05) is 6.07 Å². The number of imide groups is 1. The molecule has 1 N–H and O–H groups in total. The van der Waals surface area contributed by atoms with Gasteiger partial charge in [-0.2, -0.15) is 0 Å². The third kappa shape index (κ3) is 3.27. The van der Waals surface area contributed by atoms with Gasteiger partial charge in [0.25, 0.3) is 11.8 Å². The first-order valence-corrected chi connectivity index (χ1v) is 7.61. The van der Waals surface area contributed by atoms with Gasteiger partial charge < -0.3 is 4.74 Å². The molecule has 24 heavy (non-hydrogen) atoms. The topological polar surface area (TPSA) is 75.7 Å². The molecule has 0 fully saturated rings. The lowest BCUT2D eigenvalue weighted by molar-refractivity contribution is 0.0643. The van der Waals surface area contributed by atoms with Gasteiger partial charge in [-0.05, 0) is 30.7 Å². The van der Waals surface area contributed by atoms with E-state index in [0.717, 1.165) is 0 Å². The summed E-state index contributed by atoms with van der Waals surface area (Å²) in [5, 5.41) is 2.59. The second-order valence-electron chi connectivity index (χ2n) is 5.29. The van der Waals surface area contributed by atoms with Gasteiger partial charge in [0, 0.05) is 12.2 Å². The van der Waals surface area contributed by atoms with E-state index in [0.29, 0.717) is 23.2 Å². The van der Waals surface area contributed by atoms with Gasteiger partial charge in [0.1, 0.15) is 0 Å². The molecule has 0 bridgehead atoms. The van der Waals surface area contributed by atoms with Crippen LogP contribution in [0.2, 0.25) is 0 Å². The van der Waals surface area contributed by atoms with Crippen LogP contribution in [0.3, 0.4) is 0 Å². The van der Waals surface area contributed by atoms with Crippen LogP contribution in [0.15, 0.2) is 54.6 Å². The van der Waals surface area contributed by atoms with E-state index in [1.54, 1.807) is 48.5 Å². The highest BCUT2D eigenvalue weighted by atomic mass is 16.5. The normalized spacial score (nSPS) is 12.9. The molecule has 0 radical (unpaired) electrons. The van der Waals surface area contributed by atoms with Crippen LogP contribution >= 0.6 is 0 Å². The van der Waals surface area contributed by atoms with E-state index < -0.39 is 6.09 Å². The van der Waals surface area contributed by atoms with Gasteiger partial charge >= 0.3 is 6.09 Å². The van der Waals surface area contributed by atoms with Crippen molar-refractivity contribution in [1.29, 1.82) is 0 Å². The summed E-state index contributed by atoms with van der Waals surface area (Å²) in [7, 11) is 0. The molecule has 0 saturated carbocycles. The Labute approximate surface area is 139 Å². The zero-order valence-electron chi connectivity index (χ0n) is 12.9. The average Bonchev–Trinajstić information content (AvgIpc) is 2.84. The minimum Gasteiger partial charge on any atom is -0.449 e. The lowest BCUT2D eigenvalue weighted by Crippen LogP contribution is -2.31. The Hall–Kier alpha value is -3.15. The number of ether oxygens (including phenoxy) is 1. The van der Waals surface area contributed by atoms with Crippen molar-refractivity contribution in [3.63, 3.8) is 0 Å². The number of anilines is 1. The molecule has 0 unspecified atom stereocenters. The Balaban J connectivity index is 1.45. The minimum absolute atomic E-state index is 0.117. The fourth-order valence-corrected chi connectivity index (χ4v) is 2.51. The highest BCUT2D eigenvalue weighted by Gasteiger charge is 2.34. The molecule has 1 heterocycles. The molecular weight excluding hydrogens is 308 g/mol. The van der Waals surface area contributed by atoms with Crippen molar-refractivity contribution in [2.75, 3.05) is 18.5 Å². The number of carbonyl (C=O) groups excluding carboxylic acids is 3. The number of benzene rings is 2. The standard InChI is InChI=1S/C18H16N2O4/c21-16-14-9-4-5-10-15(14)17(22)20(16)11-6-12-24-18(23)19-13-7-2-1-3-8-13/h1-5,7-10H,6,11-12H2,(H,19,23). The summed E-state index contributed by atoms with van der Waals surface area (Å²) in [6.45, 7) is 0.330. The number of hydrogen-bond acceptors (Lipinski definition) is 4. The quantitative estimate of drug-likeness (QED) is 0.678. The summed E-state index contributed by atoms with van der Waals surface area (Å²) in [5.41, 5.74) is 1.48. The summed E-state index contributed by atoms with van der Waals surface area (Å²) < 4.78 is 5.05. The van der Waals surface area contributed by atoms with Crippen LogP contribution in [0.4, 0.5) is 10.5 Å². The van der Waals surface area contributed by atoms with E-state index >= 15 is 0 Å². The second kappa shape index (κ2) is 6.95. The Morgan fingerprint density at radius 2 is 1.50 bits per heavy atom. The van der Waals surface area contributed by atoms with Crippen molar-refractivity contribution < 1.29 is 19.1 Å². The molecule has 0 atom stereocenters. The zero-order valence-corrected chi connectivity index (χ0v) is 12.9. The highest BCUT2D eigenvalue weighted by molar-refractivity contribution is 6.21. The predicted molar refractivity (Wildman–Crippen MR) is 87.8 cm³/mol. The molecule has 3 amide bonds. The Morgan fingerprint density at radius 3 is 2.12 bits per heavy atom. The average molecular weight is 324 g/mol. The van der Waals surface area contributed by atoms with Gasteiger partial charge in [-0.1, -0.05) is 30.3 Å². The summed E-state index contributed by atoms with van der Waals surface area (Å²) in [5.74, 6) is -0.603. The Bertz CT molecular complexity index is 739. The predicted octanol–water partition coefficient (Wildman–Crippen LogP) is 2.92. The number of fused-ring (bicyclic) bond motifs is 1. The number of carbonyl (C=O) groups is 3. The maximum absolute atomic E-state index is 12.2. The van der Waals surface area contributed by atoms with Crippen LogP contribution in [0.25, 0.3) is 0 Å². The van der Waals surface area contributed by atoms with Crippen molar-refractivity contribution in [2.45, 2.75) is 6.42 Å². The number of amides is 3. The SMILES string of the molecule is O=C(Nc1ccccc1)OCCCN1C(=O)c2ccccc2C1=O. The largest absolute Gasteiger partial charge is 0.449 e. The lowest BCUT2D eigenvalue weighted by atomic mass is 10.1. The molecule has 6 heteroatoms. The monoisotopic (exact) mass is 324 g/mol. The van der Waals surface area contributed by atoms with Crippen LogP contribution in [0.1, 0.15) is 27.1 Å². The van der Waals surface area contributed by atoms with Crippen molar-refractivity contribution in [3.05, 3.63) is 65.7 Å². The van der Waals surface area contributed by atoms with Gasteiger partial charge in [-0.3, -0.25) is 19.8 Å². The third-order valence-electron chi connectivity index (χ3n) is 3.66. The first-order valence-electron chi connectivity index (χ1n) is 7.61. The van der Waals surface area contributed by atoms with Gasteiger partial charge in [0.15, 0.2) is 0 Å². The summed E-state index contributed by atoms with van der Waals surface area (Å²) in [6, 6.07) is 15.7. The highest BCUT2D eigenvalue weighted by Crippen LogP contribution is 2.22. The van der Waals surface area contributed by atoms with Crippen LogP contribution in [0, 0.1) is 0 Å². The van der Waals surface area contributed by atoms with E-state index in [4.69, 9.17) is 4.74 Å². The van der Waals surface area contributed by atoms with E-state index in [-0.39, 0.29) is 25.0 Å². The van der Waals surface area contributed by atoms with Crippen LogP contribution in [-0.2, 0) is 4.74 Å². The molecule has 3 rings (SSSR count). The molecule has 0 spiro atoms. The second-order valence-corrected chi connectivity index (χ2v) is 5.29. The first-order chi connectivity index (χ1) is 11.7. The zero-order chi connectivity index (χ0) is 16.9. The van der Waals surface area contributed by atoms with Crippen LogP contribution in [0.5, 0.6) is 0 Å². The molecule has 1 aliphatic rings. The molecular formula is C18H16N2O4. The van der Waals surface area contributed by atoms with Crippen LogP contribution in [-0.4, -0.2) is 36.0 Å². The van der Waals surface area contributed by atoms with Gasteiger partial charge in [-0.25, -0.2) is 4.79 Å². The number of nitrogens with one attached hydrogen (secondary N) is 1. The number of hydrogen-bond donors (Lipinski definition) is 1. The summed E-state index contributed by atoms with van der Waals surface area (Å²) in [4.78, 5) is 37.1. The smallest absolute Gasteiger partial charge is 0.411 e. The Morgan fingerprint density at radius 1 is 0.917 bits per heavy atom. The molecule has 2 aromatic carbocycles. The fraction of sp³-hybridized carbons (Fsp3) is 0.167. The molecule has 122 valence electrons. The maximum atomic E-state index is 12.2. The number of rotatable bonds is 5. The van der Waals surface area contributed by atoms with Crippen molar-refractivity contribution >= 4 is 23.6 Å². The van der Waals surface area contributed by atoms with Crippen molar-refractivity contribution in [2.24, 2.45) is 0 Å². The summed E-state index contributed by atoms with van der Waals surface area (Å²) >= 11 is 0. The first kappa shape index (κ1) is 15.7. The Kier molecular flexibility index (Phi) is 4.56. The van der Waals surface area contributed by atoms with Gasteiger partial charge in [0.05, 0.1) is 17.7 Å². The molecule has 0 aromatic heterocycles. The molecule has 6 nitrogen and oxygen atoms in total. The minimum atomic E-state index is -0.566. The molecule has 1 aliphatic heterocycles. The maximum Gasteiger partial charge on any atom is 0.411 e. The molecule has 0 aliphatic carbocycles. The van der Waals surface area contributed by atoms with E-state index in [9.17, 15) is 14.4 Å². The van der Waals surface area contributed by atoms with E-state index in [1.165, 1.54) is 4.90 Å². The number of para-hydroxylation sites is 1. The lowest BCUT2D eigenvalue weighted by Gasteiger charge is -2.13. The van der Waals surface area contributed by atoms with Gasteiger partial charge in [0.2, 0.25) is 0 Å². The molecule has 0 saturated heterocycles.